The van der Waals surface area contributed by atoms with E-state index in [2.05, 4.69) is 0 Å². The lowest BCUT2D eigenvalue weighted by Gasteiger charge is -2.07. The zero-order chi connectivity index (χ0) is 14.7. The van der Waals surface area contributed by atoms with Crippen LogP contribution in [0, 0.1) is 6.92 Å². The largest absolute Gasteiger partial charge is 0.478 e. The molecule has 0 bridgehead atoms. The molecule has 0 aliphatic heterocycles. The average Bonchev–Trinajstić information content (AvgIpc) is 2.41. The first kappa shape index (κ1) is 15.2. The Labute approximate surface area is 131 Å². The standard InChI is InChI=1S/C15H12Cl2O2S/c1-9-2-4-12(7-13(9)15(18)19)20-8-10-6-11(16)3-5-14(10)17/h2-7H,8H2,1H3,(H,18,19). The molecule has 104 valence electrons. The van der Waals surface area contributed by atoms with Crippen molar-refractivity contribution < 1.29 is 9.90 Å². The number of carboxylic acids is 1. The summed E-state index contributed by atoms with van der Waals surface area (Å²) in [6.45, 7) is 1.78. The Morgan fingerprint density at radius 3 is 2.65 bits per heavy atom. The van der Waals surface area contributed by atoms with Crippen LogP contribution in [0.1, 0.15) is 21.5 Å². The van der Waals surface area contributed by atoms with E-state index in [0.29, 0.717) is 21.4 Å². The van der Waals surface area contributed by atoms with Crippen molar-refractivity contribution in [2.45, 2.75) is 17.6 Å². The number of aryl methyl sites for hydroxylation is 1. The van der Waals surface area contributed by atoms with E-state index in [-0.39, 0.29) is 0 Å². The van der Waals surface area contributed by atoms with Gasteiger partial charge in [-0.15, -0.1) is 11.8 Å². The highest BCUT2D eigenvalue weighted by atomic mass is 35.5. The van der Waals surface area contributed by atoms with Gasteiger partial charge in [-0.25, -0.2) is 4.79 Å². The maximum absolute atomic E-state index is 11.1. The Morgan fingerprint density at radius 2 is 1.95 bits per heavy atom. The summed E-state index contributed by atoms with van der Waals surface area (Å²) in [5.74, 6) is -0.271. The molecule has 20 heavy (non-hydrogen) atoms. The molecule has 0 aliphatic carbocycles. The van der Waals surface area contributed by atoms with Gasteiger partial charge in [-0.1, -0.05) is 29.3 Å². The van der Waals surface area contributed by atoms with Crippen molar-refractivity contribution in [3.8, 4) is 0 Å². The summed E-state index contributed by atoms with van der Waals surface area (Å²) in [6, 6.07) is 10.7. The predicted octanol–water partition coefficient (Wildman–Crippen LogP) is 5.29. The van der Waals surface area contributed by atoms with Crippen LogP contribution < -0.4 is 0 Å². The molecule has 0 amide bonds. The lowest BCUT2D eigenvalue weighted by atomic mass is 10.1. The highest BCUT2D eigenvalue weighted by Crippen LogP contribution is 2.29. The number of rotatable bonds is 4. The summed E-state index contributed by atoms with van der Waals surface area (Å²) in [5, 5.41) is 10.4. The number of hydrogen-bond acceptors (Lipinski definition) is 2. The van der Waals surface area contributed by atoms with Crippen molar-refractivity contribution >= 4 is 40.9 Å². The van der Waals surface area contributed by atoms with E-state index in [1.165, 1.54) is 11.8 Å². The molecule has 0 aliphatic rings. The van der Waals surface area contributed by atoms with Gasteiger partial charge in [0.2, 0.25) is 0 Å². The van der Waals surface area contributed by atoms with Gasteiger partial charge in [0.15, 0.2) is 0 Å². The molecule has 2 rings (SSSR count). The number of hydrogen-bond donors (Lipinski definition) is 1. The van der Waals surface area contributed by atoms with E-state index in [0.717, 1.165) is 16.0 Å². The summed E-state index contributed by atoms with van der Waals surface area (Å²) >= 11 is 13.6. The Kier molecular flexibility index (Phi) is 4.97. The minimum absolute atomic E-state index is 0.326. The molecule has 5 heteroatoms. The van der Waals surface area contributed by atoms with Crippen LogP contribution in [-0.4, -0.2) is 11.1 Å². The fourth-order valence-electron chi connectivity index (χ4n) is 1.74. The van der Waals surface area contributed by atoms with Gasteiger partial charge in [0.1, 0.15) is 0 Å². The van der Waals surface area contributed by atoms with Gasteiger partial charge >= 0.3 is 5.97 Å². The van der Waals surface area contributed by atoms with Gasteiger partial charge in [-0.05, 0) is 48.4 Å². The SMILES string of the molecule is Cc1ccc(SCc2cc(Cl)ccc2Cl)cc1C(=O)O. The van der Waals surface area contributed by atoms with Crippen molar-refractivity contribution in [1.29, 1.82) is 0 Å². The lowest BCUT2D eigenvalue weighted by Crippen LogP contribution is -1.99. The topological polar surface area (TPSA) is 37.3 Å². The molecule has 2 aromatic carbocycles. The maximum atomic E-state index is 11.1. The van der Waals surface area contributed by atoms with Crippen LogP contribution in [0.2, 0.25) is 10.0 Å². The first-order valence-corrected chi connectivity index (χ1v) is 7.62. The minimum Gasteiger partial charge on any atom is -0.478 e. The van der Waals surface area contributed by atoms with Gasteiger partial charge in [0.25, 0.3) is 0 Å². The Hall–Kier alpha value is -1.16. The highest BCUT2D eigenvalue weighted by molar-refractivity contribution is 7.98. The van der Waals surface area contributed by atoms with E-state index in [4.69, 9.17) is 28.3 Å². The van der Waals surface area contributed by atoms with Crippen LogP contribution >= 0.6 is 35.0 Å². The first-order valence-electron chi connectivity index (χ1n) is 5.88. The molecule has 0 atom stereocenters. The summed E-state index contributed by atoms with van der Waals surface area (Å²) < 4.78 is 0. The van der Waals surface area contributed by atoms with Crippen LogP contribution in [0.5, 0.6) is 0 Å². The smallest absolute Gasteiger partial charge is 0.335 e. The van der Waals surface area contributed by atoms with E-state index < -0.39 is 5.97 Å². The minimum atomic E-state index is -0.911. The van der Waals surface area contributed by atoms with Crippen LogP contribution in [0.3, 0.4) is 0 Å². The average molecular weight is 327 g/mol. The van der Waals surface area contributed by atoms with Gasteiger partial charge < -0.3 is 5.11 Å². The van der Waals surface area contributed by atoms with Crippen molar-refractivity contribution in [3.05, 3.63) is 63.1 Å². The molecule has 0 unspecified atom stereocenters. The van der Waals surface area contributed by atoms with Crippen molar-refractivity contribution in [1.82, 2.24) is 0 Å². The molecule has 2 nitrogen and oxygen atoms in total. The fraction of sp³-hybridized carbons (Fsp3) is 0.133. The van der Waals surface area contributed by atoms with E-state index in [1.807, 2.05) is 18.2 Å². The molecule has 0 fully saturated rings. The monoisotopic (exact) mass is 326 g/mol. The second kappa shape index (κ2) is 6.53. The summed E-state index contributed by atoms with van der Waals surface area (Å²) in [5.41, 5.74) is 2.01. The second-order valence-electron chi connectivity index (χ2n) is 4.31. The molecule has 2 aromatic rings. The molecule has 0 saturated heterocycles. The first-order chi connectivity index (χ1) is 9.47. The van der Waals surface area contributed by atoms with Gasteiger partial charge in [-0.3, -0.25) is 0 Å². The van der Waals surface area contributed by atoms with Crippen LogP contribution in [0.15, 0.2) is 41.3 Å². The molecule has 0 spiro atoms. The zero-order valence-electron chi connectivity index (χ0n) is 10.7. The number of halogens is 2. The number of aromatic carboxylic acids is 1. The molecular weight excluding hydrogens is 315 g/mol. The fourth-order valence-corrected chi connectivity index (χ4v) is 3.12. The lowest BCUT2D eigenvalue weighted by molar-refractivity contribution is 0.0696. The molecule has 0 heterocycles. The molecule has 1 N–H and O–H groups in total. The van der Waals surface area contributed by atoms with Gasteiger partial charge in [-0.2, -0.15) is 0 Å². The maximum Gasteiger partial charge on any atom is 0.335 e. The number of thioether (sulfide) groups is 1. The second-order valence-corrected chi connectivity index (χ2v) is 6.20. The third-order valence-corrected chi connectivity index (χ3v) is 4.49. The van der Waals surface area contributed by atoms with E-state index in [1.54, 1.807) is 25.1 Å². The predicted molar refractivity (Wildman–Crippen MR) is 84.2 cm³/mol. The number of carbonyl (C=O) groups is 1. The van der Waals surface area contributed by atoms with E-state index in [9.17, 15) is 4.79 Å². The molecule has 0 radical (unpaired) electrons. The Balaban J connectivity index is 2.17. The van der Waals surface area contributed by atoms with Crippen LogP contribution in [0.4, 0.5) is 0 Å². The zero-order valence-corrected chi connectivity index (χ0v) is 13.0. The summed E-state index contributed by atoms with van der Waals surface area (Å²) in [4.78, 5) is 12.0. The Morgan fingerprint density at radius 1 is 1.20 bits per heavy atom. The molecular formula is C15H12Cl2O2S. The summed E-state index contributed by atoms with van der Waals surface area (Å²) in [6.07, 6.45) is 0. The Bertz CT molecular complexity index is 656. The van der Waals surface area contributed by atoms with Crippen molar-refractivity contribution in [2.75, 3.05) is 0 Å². The highest BCUT2D eigenvalue weighted by Gasteiger charge is 2.09. The number of carboxylic acid groups (broad SMARTS) is 1. The van der Waals surface area contributed by atoms with Crippen molar-refractivity contribution in [2.24, 2.45) is 0 Å². The summed E-state index contributed by atoms with van der Waals surface area (Å²) in [7, 11) is 0. The normalized spacial score (nSPS) is 10.6. The molecule has 0 aromatic heterocycles. The third-order valence-electron chi connectivity index (χ3n) is 2.84. The van der Waals surface area contributed by atoms with Gasteiger partial charge in [0.05, 0.1) is 5.56 Å². The quantitative estimate of drug-likeness (QED) is 0.775. The molecule has 0 saturated carbocycles. The third kappa shape index (κ3) is 3.69. The van der Waals surface area contributed by atoms with Gasteiger partial charge in [0, 0.05) is 20.7 Å². The van der Waals surface area contributed by atoms with Crippen LogP contribution in [-0.2, 0) is 5.75 Å². The number of benzene rings is 2. The van der Waals surface area contributed by atoms with Crippen LogP contribution in [0.25, 0.3) is 0 Å². The van der Waals surface area contributed by atoms with E-state index >= 15 is 0 Å². The van der Waals surface area contributed by atoms with Crippen molar-refractivity contribution in [3.63, 3.8) is 0 Å².